The Kier molecular flexibility index (Phi) is 5.94. The number of ether oxygens (including phenoxy) is 1. The molecule has 154 valence electrons. The zero-order valence-electron chi connectivity index (χ0n) is 18.2. The van der Waals surface area contributed by atoms with Crippen LogP contribution in [0.4, 0.5) is 0 Å². The van der Waals surface area contributed by atoms with Crippen LogP contribution >= 0.6 is 0 Å². The molecule has 0 N–H and O–H groups in total. The van der Waals surface area contributed by atoms with Crippen molar-refractivity contribution < 1.29 is 4.74 Å². The van der Waals surface area contributed by atoms with E-state index in [1.165, 1.54) is 49.6 Å². The van der Waals surface area contributed by atoms with Crippen LogP contribution in [0.2, 0.25) is 0 Å². The quantitative estimate of drug-likeness (QED) is 0.458. The summed E-state index contributed by atoms with van der Waals surface area (Å²) in [4.78, 5) is 4.89. The molecule has 1 aromatic heterocycles. The number of imidazole rings is 1. The molecule has 29 heavy (non-hydrogen) atoms. The second-order valence-electron chi connectivity index (χ2n) is 9.52. The monoisotopic (exact) mass is 390 g/mol. The topological polar surface area (TPSA) is 27.1 Å². The van der Waals surface area contributed by atoms with E-state index < -0.39 is 0 Å². The van der Waals surface area contributed by atoms with Gasteiger partial charge < -0.3 is 9.30 Å². The van der Waals surface area contributed by atoms with Crippen LogP contribution in [0.1, 0.15) is 70.7 Å². The minimum absolute atomic E-state index is 0.158. The molecule has 1 fully saturated rings. The van der Waals surface area contributed by atoms with Crippen LogP contribution in [0.25, 0.3) is 11.0 Å². The molecule has 0 unspecified atom stereocenters. The number of aromatic nitrogens is 2. The summed E-state index contributed by atoms with van der Waals surface area (Å²) in [6.45, 7) is 8.24. The van der Waals surface area contributed by atoms with E-state index in [2.05, 4.69) is 73.9 Å². The second kappa shape index (κ2) is 8.61. The van der Waals surface area contributed by atoms with Gasteiger partial charge in [0, 0.05) is 6.54 Å². The number of nitrogens with zero attached hydrogens (tertiary/aromatic N) is 2. The lowest BCUT2D eigenvalue weighted by molar-refractivity contribution is 0.282. The lowest BCUT2D eigenvalue weighted by Crippen LogP contribution is -2.13. The number of fused-ring (bicyclic) bond motifs is 1. The molecular weight excluding hydrogens is 356 g/mol. The molecule has 0 radical (unpaired) electrons. The minimum Gasteiger partial charge on any atom is -0.486 e. The van der Waals surface area contributed by atoms with E-state index in [1.54, 1.807) is 0 Å². The number of aryl methyl sites for hydroxylation is 1. The molecule has 3 heteroatoms. The Bertz CT molecular complexity index is 927. The van der Waals surface area contributed by atoms with Gasteiger partial charge in [0.1, 0.15) is 18.2 Å². The SMILES string of the molecule is CC(C)(C)c1ccc(OCc2nc3ccccc3n2CCC2CCCCC2)cc1. The maximum atomic E-state index is 6.14. The third-order valence-electron chi connectivity index (χ3n) is 6.31. The highest BCUT2D eigenvalue weighted by molar-refractivity contribution is 5.75. The molecular formula is C26H34N2O. The first-order chi connectivity index (χ1) is 14.0. The first kappa shape index (κ1) is 20.0. The highest BCUT2D eigenvalue weighted by Crippen LogP contribution is 2.28. The highest BCUT2D eigenvalue weighted by Gasteiger charge is 2.17. The summed E-state index contributed by atoms with van der Waals surface area (Å²) in [5.41, 5.74) is 3.78. The summed E-state index contributed by atoms with van der Waals surface area (Å²) in [6, 6.07) is 17.0. The van der Waals surface area contributed by atoms with Gasteiger partial charge >= 0.3 is 0 Å². The fourth-order valence-electron chi connectivity index (χ4n) is 4.47. The lowest BCUT2D eigenvalue weighted by Gasteiger charge is -2.22. The average Bonchev–Trinajstić information content (AvgIpc) is 3.08. The van der Waals surface area contributed by atoms with Gasteiger partial charge in [-0.3, -0.25) is 0 Å². The summed E-state index contributed by atoms with van der Waals surface area (Å²) in [7, 11) is 0. The van der Waals surface area contributed by atoms with Crippen molar-refractivity contribution in [3.05, 3.63) is 59.9 Å². The van der Waals surface area contributed by atoms with Crippen LogP contribution in [-0.4, -0.2) is 9.55 Å². The highest BCUT2D eigenvalue weighted by atomic mass is 16.5. The number of hydrogen-bond acceptors (Lipinski definition) is 2. The fourth-order valence-corrected chi connectivity index (χ4v) is 4.47. The van der Waals surface area contributed by atoms with E-state index in [-0.39, 0.29) is 5.41 Å². The standard InChI is InChI=1S/C26H34N2O/c1-26(2,3)21-13-15-22(16-14-21)29-19-25-27-23-11-7-8-12-24(23)28(25)18-17-20-9-5-4-6-10-20/h7-8,11-16,20H,4-6,9-10,17-19H2,1-3H3. The van der Waals surface area contributed by atoms with E-state index in [0.717, 1.165) is 29.6 Å². The number of para-hydroxylation sites is 2. The first-order valence-corrected chi connectivity index (χ1v) is 11.2. The minimum atomic E-state index is 0.158. The Morgan fingerprint density at radius 1 is 0.966 bits per heavy atom. The van der Waals surface area contributed by atoms with Crippen LogP contribution in [0, 0.1) is 5.92 Å². The van der Waals surface area contributed by atoms with Crippen LogP contribution in [-0.2, 0) is 18.6 Å². The Balaban J connectivity index is 1.48. The molecule has 1 aliphatic carbocycles. The molecule has 0 bridgehead atoms. The van der Waals surface area contributed by atoms with Gasteiger partial charge in [0.2, 0.25) is 0 Å². The Morgan fingerprint density at radius 2 is 1.69 bits per heavy atom. The largest absolute Gasteiger partial charge is 0.486 e. The fraction of sp³-hybridized carbons (Fsp3) is 0.500. The van der Waals surface area contributed by atoms with E-state index in [9.17, 15) is 0 Å². The molecule has 1 aliphatic rings. The summed E-state index contributed by atoms with van der Waals surface area (Å²) >= 11 is 0. The molecule has 0 saturated heterocycles. The van der Waals surface area contributed by atoms with E-state index in [1.807, 2.05) is 0 Å². The third-order valence-corrected chi connectivity index (χ3v) is 6.31. The van der Waals surface area contributed by atoms with Gasteiger partial charge in [-0.1, -0.05) is 77.1 Å². The van der Waals surface area contributed by atoms with E-state index in [0.29, 0.717) is 6.61 Å². The summed E-state index contributed by atoms with van der Waals surface area (Å²) in [5, 5.41) is 0. The normalized spacial score (nSPS) is 15.7. The molecule has 1 heterocycles. The number of rotatable bonds is 6. The van der Waals surface area contributed by atoms with E-state index >= 15 is 0 Å². The van der Waals surface area contributed by atoms with Crippen LogP contribution in [0.15, 0.2) is 48.5 Å². The summed E-state index contributed by atoms with van der Waals surface area (Å²) in [5.74, 6) is 2.80. The molecule has 3 aromatic rings. The zero-order valence-corrected chi connectivity index (χ0v) is 18.2. The van der Waals surface area contributed by atoms with Crippen LogP contribution in [0.3, 0.4) is 0 Å². The second-order valence-corrected chi connectivity index (χ2v) is 9.52. The van der Waals surface area contributed by atoms with Crippen molar-refractivity contribution in [3.63, 3.8) is 0 Å². The van der Waals surface area contributed by atoms with Crippen molar-refractivity contribution >= 4 is 11.0 Å². The predicted molar refractivity (Wildman–Crippen MR) is 120 cm³/mol. The lowest BCUT2D eigenvalue weighted by atomic mass is 9.87. The molecule has 0 amide bonds. The van der Waals surface area contributed by atoms with Crippen molar-refractivity contribution in [2.24, 2.45) is 5.92 Å². The van der Waals surface area contributed by atoms with Crippen LogP contribution < -0.4 is 4.74 Å². The Labute approximate surface area is 175 Å². The molecule has 3 nitrogen and oxygen atoms in total. The molecule has 0 spiro atoms. The Morgan fingerprint density at radius 3 is 2.41 bits per heavy atom. The average molecular weight is 391 g/mol. The van der Waals surface area contributed by atoms with Gasteiger partial charge in [-0.25, -0.2) is 4.98 Å². The van der Waals surface area contributed by atoms with Crippen molar-refractivity contribution in [2.75, 3.05) is 0 Å². The van der Waals surface area contributed by atoms with Gasteiger partial charge in [0.15, 0.2) is 0 Å². The molecule has 0 atom stereocenters. The van der Waals surface area contributed by atoms with Gasteiger partial charge in [-0.05, 0) is 47.6 Å². The van der Waals surface area contributed by atoms with E-state index in [4.69, 9.17) is 9.72 Å². The zero-order chi connectivity index (χ0) is 20.3. The smallest absolute Gasteiger partial charge is 0.147 e. The van der Waals surface area contributed by atoms with Gasteiger partial charge in [0.25, 0.3) is 0 Å². The molecule has 2 aromatic carbocycles. The maximum Gasteiger partial charge on any atom is 0.147 e. The van der Waals surface area contributed by atoms with Gasteiger partial charge in [-0.2, -0.15) is 0 Å². The van der Waals surface area contributed by atoms with Crippen molar-refractivity contribution in [2.45, 2.75) is 77.9 Å². The van der Waals surface area contributed by atoms with Crippen molar-refractivity contribution in [3.8, 4) is 5.75 Å². The molecule has 1 saturated carbocycles. The first-order valence-electron chi connectivity index (χ1n) is 11.2. The maximum absolute atomic E-state index is 6.14. The molecule has 0 aliphatic heterocycles. The number of hydrogen-bond donors (Lipinski definition) is 0. The molecule has 4 rings (SSSR count). The number of benzene rings is 2. The summed E-state index contributed by atoms with van der Waals surface area (Å²) in [6.07, 6.45) is 8.23. The van der Waals surface area contributed by atoms with Crippen molar-refractivity contribution in [1.29, 1.82) is 0 Å². The van der Waals surface area contributed by atoms with Crippen molar-refractivity contribution in [1.82, 2.24) is 9.55 Å². The third kappa shape index (κ3) is 4.83. The van der Waals surface area contributed by atoms with Crippen LogP contribution in [0.5, 0.6) is 5.75 Å². The van der Waals surface area contributed by atoms with Gasteiger partial charge in [0.05, 0.1) is 11.0 Å². The summed E-state index contributed by atoms with van der Waals surface area (Å²) < 4.78 is 8.52. The predicted octanol–water partition coefficient (Wildman–Crippen LogP) is 6.88. The Hall–Kier alpha value is -2.29. The van der Waals surface area contributed by atoms with Gasteiger partial charge in [-0.15, -0.1) is 0 Å².